The minimum absolute atomic E-state index is 0.676. The molecule has 3 aromatic heterocycles. The van der Waals surface area contributed by atoms with Crippen LogP contribution >= 0.6 is 11.3 Å². The van der Waals surface area contributed by atoms with Gasteiger partial charge in [-0.3, -0.25) is 9.78 Å². The summed E-state index contributed by atoms with van der Waals surface area (Å²) in [6.45, 7) is 2.00. The number of aliphatic carboxylic acids is 1. The Morgan fingerprint density at radius 1 is 1.03 bits per heavy atom. The van der Waals surface area contributed by atoms with Crippen molar-refractivity contribution in [3.63, 3.8) is 0 Å². The molecule has 3 heterocycles. The third-order valence-electron chi connectivity index (χ3n) is 5.70. The van der Waals surface area contributed by atoms with Crippen LogP contribution in [0.2, 0.25) is 0 Å². The van der Waals surface area contributed by atoms with E-state index in [4.69, 9.17) is 0 Å². The first-order chi connectivity index (χ1) is 15.0. The number of nitrogens with one attached hydrogen (secondary N) is 1. The minimum Gasteiger partial charge on any atom is -0.481 e. The summed E-state index contributed by atoms with van der Waals surface area (Å²) in [5, 5.41) is 15.5. The predicted molar refractivity (Wildman–Crippen MR) is 122 cm³/mol. The Hall–Kier alpha value is -3.58. The monoisotopic (exact) mass is 428 g/mol. The SMILES string of the molecule is Cc1cccnc1Nc1nc(-c2ccc(-c3ccc(C4(C(=O)O)CC4)cc3)cn2)cs1. The molecule has 1 aromatic carbocycles. The molecular formula is C24H20N4O2S. The summed E-state index contributed by atoms with van der Waals surface area (Å²) in [6, 6.07) is 15.6. The van der Waals surface area contributed by atoms with Crippen LogP contribution in [0.25, 0.3) is 22.5 Å². The third-order valence-corrected chi connectivity index (χ3v) is 6.45. The smallest absolute Gasteiger partial charge is 0.314 e. The number of pyridine rings is 2. The summed E-state index contributed by atoms with van der Waals surface area (Å²) < 4.78 is 0. The number of aromatic nitrogens is 3. The Bertz CT molecular complexity index is 1250. The largest absolute Gasteiger partial charge is 0.481 e. The molecule has 4 aromatic rings. The lowest BCUT2D eigenvalue weighted by Crippen LogP contribution is -2.19. The first-order valence-electron chi connectivity index (χ1n) is 10.0. The summed E-state index contributed by atoms with van der Waals surface area (Å²) in [5.74, 6) is 0.0626. The molecule has 5 rings (SSSR count). The second-order valence-electron chi connectivity index (χ2n) is 7.73. The fourth-order valence-electron chi connectivity index (χ4n) is 3.62. The predicted octanol–water partition coefficient (Wildman–Crippen LogP) is 5.44. The number of carboxylic acids is 1. The summed E-state index contributed by atoms with van der Waals surface area (Å²) in [4.78, 5) is 25.1. The van der Waals surface area contributed by atoms with E-state index in [2.05, 4.69) is 20.3 Å². The second-order valence-corrected chi connectivity index (χ2v) is 8.59. The molecule has 0 aliphatic heterocycles. The number of anilines is 2. The van der Waals surface area contributed by atoms with Gasteiger partial charge in [-0.25, -0.2) is 9.97 Å². The molecule has 1 aliphatic rings. The number of benzene rings is 1. The number of aryl methyl sites for hydroxylation is 1. The average Bonchev–Trinajstić information content (AvgIpc) is 3.49. The zero-order valence-corrected chi connectivity index (χ0v) is 17.7. The molecule has 6 nitrogen and oxygen atoms in total. The maximum absolute atomic E-state index is 11.5. The number of hydrogen-bond acceptors (Lipinski definition) is 6. The summed E-state index contributed by atoms with van der Waals surface area (Å²) >= 11 is 1.51. The molecule has 31 heavy (non-hydrogen) atoms. The number of hydrogen-bond donors (Lipinski definition) is 2. The molecule has 0 amide bonds. The first kappa shape index (κ1) is 19.4. The van der Waals surface area contributed by atoms with Crippen LogP contribution in [-0.4, -0.2) is 26.0 Å². The molecule has 0 saturated heterocycles. The Morgan fingerprint density at radius 2 is 1.81 bits per heavy atom. The molecule has 0 radical (unpaired) electrons. The maximum Gasteiger partial charge on any atom is 0.314 e. The van der Waals surface area contributed by atoms with E-state index in [0.717, 1.165) is 44.6 Å². The Morgan fingerprint density at radius 3 is 2.45 bits per heavy atom. The van der Waals surface area contributed by atoms with Crippen molar-refractivity contribution in [2.24, 2.45) is 0 Å². The van der Waals surface area contributed by atoms with Crippen LogP contribution in [0.4, 0.5) is 10.9 Å². The van der Waals surface area contributed by atoms with Gasteiger partial charge in [0.2, 0.25) is 0 Å². The fourth-order valence-corrected chi connectivity index (χ4v) is 4.32. The lowest BCUT2D eigenvalue weighted by Gasteiger charge is -2.11. The summed E-state index contributed by atoms with van der Waals surface area (Å²) in [5.41, 5.74) is 4.85. The Labute approximate surface area is 183 Å². The molecule has 1 aliphatic carbocycles. The van der Waals surface area contributed by atoms with Crippen molar-refractivity contribution in [2.75, 3.05) is 5.32 Å². The quantitative estimate of drug-likeness (QED) is 0.425. The van der Waals surface area contributed by atoms with Crippen LogP contribution in [0.3, 0.4) is 0 Å². The highest BCUT2D eigenvalue weighted by Gasteiger charge is 2.51. The highest BCUT2D eigenvalue weighted by atomic mass is 32.1. The van der Waals surface area contributed by atoms with Gasteiger partial charge in [-0.15, -0.1) is 11.3 Å². The van der Waals surface area contributed by atoms with Crippen molar-refractivity contribution in [3.8, 4) is 22.5 Å². The van der Waals surface area contributed by atoms with Crippen LogP contribution in [0.15, 0.2) is 66.3 Å². The Kier molecular flexibility index (Phi) is 4.75. The van der Waals surface area contributed by atoms with Gasteiger partial charge in [0.15, 0.2) is 5.13 Å². The minimum atomic E-state index is -0.735. The molecule has 154 valence electrons. The van der Waals surface area contributed by atoms with E-state index in [1.807, 2.05) is 67.0 Å². The fraction of sp³-hybridized carbons (Fsp3) is 0.167. The third kappa shape index (κ3) is 3.68. The molecule has 0 atom stereocenters. The van der Waals surface area contributed by atoms with Gasteiger partial charge in [0.25, 0.3) is 0 Å². The number of carboxylic acid groups (broad SMARTS) is 1. The first-order valence-corrected chi connectivity index (χ1v) is 10.9. The van der Waals surface area contributed by atoms with Crippen molar-refractivity contribution in [1.82, 2.24) is 15.0 Å². The maximum atomic E-state index is 11.5. The van der Waals surface area contributed by atoms with Crippen LogP contribution in [-0.2, 0) is 10.2 Å². The summed E-state index contributed by atoms with van der Waals surface area (Å²) in [7, 11) is 0. The molecule has 2 N–H and O–H groups in total. The van der Waals surface area contributed by atoms with Crippen LogP contribution in [0.5, 0.6) is 0 Å². The van der Waals surface area contributed by atoms with E-state index in [1.165, 1.54) is 11.3 Å². The van der Waals surface area contributed by atoms with Gasteiger partial charge in [-0.05, 0) is 48.6 Å². The lowest BCUT2D eigenvalue weighted by molar-refractivity contribution is -0.140. The van der Waals surface area contributed by atoms with Crippen molar-refractivity contribution < 1.29 is 9.90 Å². The van der Waals surface area contributed by atoms with Crippen molar-refractivity contribution >= 4 is 28.3 Å². The number of carbonyl (C=O) groups is 1. The van der Waals surface area contributed by atoms with Crippen molar-refractivity contribution in [2.45, 2.75) is 25.2 Å². The number of nitrogens with zero attached hydrogens (tertiary/aromatic N) is 3. The van der Waals surface area contributed by atoms with Crippen molar-refractivity contribution in [3.05, 3.63) is 77.4 Å². The van der Waals surface area contributed by atoms with E-state index in [0.29, 0.717) is 12.8 Å². The normalized spacial score (nSPS) is 14.2. The van der Waals surface area contributed by atoms with Crippen LogP contribution in [0.1, 0.15) is 24.0 Å². The zero-order valence-electron chi connectivity index (χ0n) is 16.9. The van der Waals surface area contributed by atoms with Gasteiger partial charge in [0.1, 0.15) is 11.5 Å². The number of thiazole rings is 1. The molecule has 0 spiro atoms. The molecule has 1 saturated carbocycles. The van der Waals surface area contributed by atoms with E-state index in [9.17, 15) is 9.90 Å². The van der Waals surface area contributed by atoms with Gasteiger partial charge < -0.3 is 10.4 Å². The van der Waals surface area contributed by atoms with Gasteiger partial charge in [0.05, 0.1) is 11.1 Å². The highest BCUT2D eigenvalue weighted by molar-refractivity contribution is 7.14. The van der Waals surface area contributed by atoms with Gasteiger partial charge in [-0.1, -0.05) is 36.4 Å². The Balaban J connectivity index is 1.32. The van der Waals surface area contributed by atoms with Crippen LogP contribution < -0.4 is 5.32 Å². The molecular weight excluding hydrogens is 408 g/mol. The van der Waals surface area contributed by atoms with E-state index >= 15 is 0 Å². The van der Waals surface area contributed by atoms with E-state index in [-0.39, 0.29) is 0 Å². The zero-order chi connectivity index (χ0) is 21.4. The summed E-state index contributed by atoms with van der Waals surface area (Å²) in [6.07, 6.45) is 5.00. The van der Waals surface area contributed by atoms with Gasteiger partial charge in [0, 0.05) is 23.3 Å². The standard InChI is InChI=1S/C24H20N4O2S/c1-15-3-2-12-25-21(15)28-23-27-20(14-31-23)19-9-6-17(13-26-19)16-4-7-18(8-5-16)24(10-11-24)22(29)30/h2-9,12-14H,10-11H2,1H3,(H,29,30)(H,25,27,28). The lowest BCUT2D eigenvalue weighted by atomic mass is 9.94. The van der Waals surface area contributed by atoms with E-state index in [1.54, 1.807) is 6.20 Å². The second kappa shape index (κ2) is 7.59. The molecule has 1 fully saturated rings. The number of rotatable bonds is 6. The molecule has 0 unspecified atom stereocenters. The average molecular weight is 429 g/mol. The topological polar surface area (TPSA) is 88.0 Å². The van der Waals surface area contributed by atoms with Gasteiger partial charge in [-0.2, -0.15) is 0 Å². The molecule has 0 bridgehead atoms. The van der Waals surface area contributed by atoms with Crippen LogP contribution in [0, 0.1) is 6.92 Å². The van der Waals surface area contributed by atoms with E-state index < -0.39 is 11.4 Å². The van der Waals surface area contributed by atoms with Gasteiger partial charge >= 0.3 is 5.97 Å². The molecule has 7 heteroatoms. The van der Waals surface area contributed by atoms with Crippen molar-refractivity contribution in [1.29, 1.82) is 0 Å². The highest BCUT2D eigenvalue weighted by Crippen LogP contribution is 2.48.